The van der Waals surface area contributed by atoms with Crippen molar-refractivity contribution < 1.29 is 75.4 Å². The van der Waals surface area contributed by atoms with Gasteiger partial charge < -0.3 is 29.9 Å². The topological polar surface area (TPSA) is 168 Å². The standard InChI is InChI=1S/C30H16F6O10/c31-29(32,33)21-11-17(9-19(25(37)38)23(21)27(41)42)45-15-5-1-13(2-6-15)14-3-7-16(8-4-14)46-18-10-20(26(39)40)24(28(43)44)22(12-18)30(34,35)36/h1-12H,(H,37,38)(H,39,40)(H,41,42)(H,43,44). The molecule has 0 saturated heterocycles. The Labute approximate surface area is 252 Å². The molecule has 0 aliphatic heterocycles. The Morgan fingerprint density at radius 2 is 0.761 bits per heavy atom. The van der Waals surface area contributed by atoms with Crippen molar-refractivity contribution in [1.29, 1.82) is 0 Å². The van der Waals surface area contributed by atoms with Crippen molar-refractivity contribution in [2.45, 2.75) is 12.4 Å². The summed E-state index contributed by atoms with van der Waals surface area (Å²) >= 11 is 0. The minimum atomic E-state index is -5.21. The summed E-state index contributed by atoms with van der Waals surface area (Å²) < 4.78 is 91.8. The smallest absolute Gasteiger partial charge is 0.417 e. The van der Waals surface area contributed by atoms with Crippen molar-refractivity contribution in [1.82, 2.24) is 0 Å². The first-order chi connectivity index (χ1) is 21.4. The third kappa shape index (κ3) is 7.01. The van der Waals surface area contributed by atoms with Crippen molar-refractivity contribution in [2.24, 2.45) is 0 Å². The van der Waals surface area contributed by atoms with Crippen LogP contribution in [-0.4, -0.2) is 44.3 Å². The van der Waals surface area contributed by atoms with E-state index in [0.717, 1.165) is 0 Å². The number of hydrogen-bond donors (Lipinski definition) is 4. The first kappa shape index (κ1) is 32.8. The number of halogens is 6. The maximum Gasteiger partial charge on any atom is 0.417 e. The lowest BCUT2D eigenvalue weighted by molar-refractivity contribution is -0.139. The molecule has 0 fully saturated rings. The van der Waals surface area contributed by atoms with E-state index in [1.807, 2.05) is 0 Å². The number of carbonyl (C=O) groups is 4. The van der Waals surface area contributed by atoms with Gasteiger partial charge in [-0.3, -0.25) is 0 Å². The Hall–Kier alpha value is -6.06. The predicted molar refractivity (Wildman–Crippen MR) is 143 cm³/mol. The summed E-state index contributed by atoms with van der Waals surface area (Å²) in [6, 6.07) is 13.1. The van der Waals surface area contributed by atoms with Crippen LogP contribution in [0.2, 0.25) is 0 Å². The molecule has 0 spiro atoms. The van der Waals surface area contributed by atoms with Crippen LogP contribution in [0.25, 0.3) is 11.1 Å². The van der Waals surface area contributed by atoms with Crippen LogP contribution in [-0.2, 0) is 12.4 Å². The van der Waals surface area contributed by atoms with Crippen LogP contribution in [0.4, 0.5) is 26.3 Å². The van der Waals surface area contributed by atoms with Gasteiger partial charge >= 0.3 is 36.2 Å². The average Bonchev–Trinajstić information content (AvgIpc) is 2.96. The molecular formula is C30H16F6O10. The maximum atomic E-state index is 13.5. The quantitative estimate of drug-likeness (QED) is 0.131. The molecule has 0 aliphatic rings. The summed E-state index contributed by atoms with van der Waals surface area (Å²) in [5, 5.41) is 36.9. The highest BCUT2D eigenvalue weighted by Gasteiger charge is 2.40. The molecule has 238 valence electrons. The van der Waals surface area contributed by atoms with Gasteiger partial charge in [-0.25, -0.2) is 19.2 Å². The molecule has 0 bridgehead atoms. The van der Waals surface area contributed by atoms with Gasteiger partial charge in [0.25, 0.3) is 0 Å². The van der Waals surface area contributed by atoms with Crippen molar-refractivity contribution in [3.63, 3.8) is 0 Å². The normalized spacial score (nSPS) is 11.5. The van der Waals surface area contributed by atoms with E-state index in [4.69, 9.17) is 9.47 Å². The number of aromatic carboxylic acids is 4. The monoisotopic (exact) mass is 650 g/mol. The molecular weight excluding hydrogens is 634 g/mol. The number of ether oxygens (including phenoxy) is 2. The zero-order chi connectivity index (χ0) is 34.1. The van der Waals surface area contributed by atoms with Crippen molar-refractivity contribution in [2.75, 3.05) is 0 Å². The van der Waals surface area contributed by atoms with E-state index in [2.05, 4.69) is 0 Å². The van der Waals surface area contributed by atoms with Crippen LogP contribution in [0.1, 0.15) is 52.6 Å². The van der Waals surface area contributed by atoms with E-state index in [0.29, 0.717) is 35.4 Å². The lowest BCUT2D eigenvalue weighted by Crippen LogP contribution is -2.18. The zero-order valence-corrected chi connectivity index (χ0v) is 22.4. The Morgan fingerprint density at radius 3 is 1.00 bits per heavy atom. The summed E-state index contributed by atoms with van der Waals surface area (Å²) in [6.07, 6.45) is -10.4. The van der Waals surface area contributed by atoms with E-state index in [1.165, 1.54) is 48.5 Å². The molecule has 0 radical (unpaired) electrons. The molecule has 0 heterocycles. The van der Waals surface area contributed by atoms with Crippen molar-refractivity contribution in [3.8, 4) is 34.1 Å². The highest BCUT2D eigenvalue weighted by molar-refractivity contribution is 6.04. The van der Waals surface area contributed by atoms with Gasteiger partial charge in [0.05, 0.1) is 33.4 Å². The molecule has 16 heteroatoms. The predicted octanol–water partition coefficient (Wildman–Crippen LogP) is 7.77. The largest absolute Gasteiger partial charge is 0.478 e. The maximum absolute atomic E-state index is 13.5. The summed E-state index contributed by atoms with van der Waals surface area (Å²) in [5.74, 6) is -9.31. The van der Waals surface area contributed by atoms with Gasteiger partial charge in [0.1, 0.15) is 23.0 Å². The Morgan fingerprint density at radius 1 is 0.457 bits per heavy atom. The van der Waals surface area contributed by atoms with E-state index in [-0.39, 0.29) is 11.5 Å². The second-order valence-electron chi connectivity index (χ2n) is 9.26. The fourth-order valence-electron chi connectivity index (χ4n) is 4.30. The minimum absolute atomic E-state index is 0.0456. The molecule has 4 aromatic rings. The molecule has 10 nitrogen and oxygen atoms in total. The third-order valence-corrected chi connectivity index (χ3v) is 6.24. The Balaban J connectivity index is 1.58. The van der Waals surface area contributed by atoms with Crippen LogP contribution in [0, 0.1) is 0 Å². The van der Waals surface area contributed by atoms with Gasteiger partial charge in [-0.1, -0.05) is 24.3 Å². The molecule has 4 aromatic carbocycles. The van der Waals surface area contributed by atoms with E-state index < -0.39 is 81.1 Å². The highest BCUT2D eigenvalue weighted by atomic mass is 19.4. The molecule has 0 atom stereocenters. The van der Waals surface area contributed by atoms with E-state index in [9.17, 15) is 65.9 Å². The SMILES string of the molecule is O=C(O)c1cc(Oc2ccc(-c3ccc(Oc4cc(C(=O)O)c(C(=O)O)c(C(F)(F)F)c4)cc3)cc2)cc(C(F)(F)F)c1C(=O)O. The molecule has 4 N–H and O–H groups in total. The number of carboxylic acids is 4. The second-order valence-corrected chi connectivity index (χ2v) is 9.26. The first-order valence-electron chi connectivity index (χ1n) is 12.4. The lowest BCUT2D eigenvalue weighted by atomic mass is 9.99. The zero-order valence-electron chi connectivity index (χ0n) is 22.4. The first-order valence-corrected chi connectivity index (χ1v) is 12.4. The van der Waals surface area contributed by atoms with Gasteiger partial charge in [0.15, 0.2) is 0 Å². The van der Waals surface area contributed by atoms with Crippen LogP contribution in [0.3, 0.4) is 0 Å². The van der Waals surface area contributed by atoms with Gasteiger partial charge in [0.2, 0.25) is 0 Å². The number of hydrogen-bond acceptors (Lipinski definition) is 6. The number of carboxylic acid groups (broad SMARTS) is 4. The van der Waals surface area contributed by atoms with E-state index >= 15 is 0 Å². The molecule has 46 heavy (non-hydrogen) atoms. The van der Waals surface area contributed by atoms with Gasteiger partial charge in [-0.15, -0.1) is 0 Å². The van der Waals surface area contributed by atoms with Crippen molar-refractivity contribution >= 4 is 23.9 Å². The molecule has 0 aromatic heterocycles. The minimum Gasteiger partial charge on any atom is -0.478 e. The van der Waals surface area contributed by atoms with Crippen LogP contribution in [0.5, 0.6) is 23.0 Å². The van der Waals surface area contributed by atoms with Gasteiger partial charge in [0, 0.05) is 0 Å². The molecule has 0 amide bonds. The summed E-state index contributed by atoms with van der Waals surface area (Å²) in [7, 11) is 0. The van der Waals surface area contributed by atoms with Gasteiger partial charge in [-0.2, -0.15) is 26.3 Å². The van der Waals surface area contributed by atoms with Crippen LogP contribution < -0.4 is 9.47 Å². The Kier molecular flexibility index (Phi) is 8.67. The number of rotatable bonds is 9. The van der Waals surface area contributed by atoms with Crippen molar-refractivity contribution in [3.05, 3.63) is 106 Å². The Bertz CT molecular complexity index is 1720. The lowest BCUT2D eigenvalue weighted by Gasteiger charge is -2.16. The van der Waals surface area contributed by atoms with E-state index in [1.54, 1.807) is 0 Å². The second kappa shape index (κ2) is 12.1. The molecule has 0 aliphatic carbocycles. The number of alkyl halides is 6. The third-order valence-electron chi connectivity index (χ3n) is 6.24. The molecule has 4 rings (SSSR count). The molecule has 0 saturated carbocycles. The number of benzene rings is 4. The summed E-state index contributed by atoms with van der Waals surface area (Å²) in [5.41, 5.74) is -7.61. The van der Waals surface area contributed by atoms with Crippen LogP contribution in [0.15, 0.2) is 72.8 Å². The fourth-order valence-corrected chi connectivity index (χ4v) is 4.30. The van der Waals surface area contributed by atoms with Gasteiger partial charge in [-0.05, 0) is 59.7 Å². The average molecular weight is 650 g/mol. The summed E-state index contributed by atoms with van der Waals surface area (Å²) in [4.78, 5) is 45.7. The fraction of sp³-hybridized carbons (Fsp3) is 0.0667. The summed E-state index contributed by atoms with van der Waals surface area (Å²) in [6.45, 7) is 0. The van der Waals surface area contributed by atoms with Crippen LogP contribution >= 0.6 is 0 Å². The molecule has 0 unspecified atom stereocenters. The highest BCUT2D eigenvalue weighted by Crippen LogP contribution is 2.39.